The third-order valence-corrected chi connectivity index (χ3v) is 6.80. The predicted octanol–water partition coefficient (Wildman–Crippen LogP) is 1.74. The van der Waals surface area contributed by atoms with Crippen LogP contribution in [0.15, 0.2) is 24.3 Å². The number of hydrogen-bond donors (Lipinski definition) is 2. The lowest BCUT2D eigenvalue weighted by Crippen LogP contribution is -2.36. The zero-order chi connectivity index (χ0) is 13.0. The summed E-state index contributed by atoms with van der Waals surface area (Å²) in [5, 5.41) is 10.2. The number of hydrazine groups is 1. The molecular formula is C9H7N3O2S4. The van der Waals surface area contributed by atoms with Gasteiger partial charge in [0.1, 0.15) is 6.42 Å². The van der Waals surface area contributed by atoms with Crippen LogP contribution in [0.3, 0.4) is 0 Å². The van der Waals surface area contributed by atoms with Crippen molar-refractivity contribution in [3.8, 4) is 6.07 Å². The molecule has 0 radical (unpaired) electrons. The Kier molecular flexibility index (Phi) is 4.71. The Morgan fingerprint density at radius 2 is 2.22 bits per heavy atom. The molecule has 0 atom stereocenters. The van der Waals surface area contributed by atoms with E-state index in [2.05, 4.69) is 10.9 Å². The molecule has 0 saturated heterocycles. The number of carbonyl (C=O) groups is 1. The number of nitrogens with zero attached hydrogens (tertiary/aromatic N) is 1. The van der Waals surface area contributed by atoms with Gasteiger partial charge in [0.05, 0.1) is 14.5 Å². The van der Waals surface area contributed by atoms with Crippen LogP contribution in [-0.4, -0.2) is 11.7 Å². The van der Waals surface area contributed by atoms with Crippen molar-refractivity contribution in [1.82, 2.24) is 10.9 Å². The highest BCUT2D eigenvalue weighted by Crippen LogP contribution is 2.40. The summed E-state index contributed by atoms with van der Waals surface area (Å²) in [6.07, 6.45) is -0.171. The van der Waals surface area contributed by atoms with E-state index in [1.54, 1.807) is 17.8 Å². The van der Waals surface area contributed by atoms with Gasteiger partial charge in [-0.1, -0.05) is 34.4 Å². The van der Waals surface area contributed by atoms with E-state index in [1.165, 1.54) is 34.4 Å². The van der Waals surface area contributed by atoms with Crippen molar-refractivity contribution in [1.29, 1.82) is 5.26 Å². The standard InChI is InChI=1S/C9H7N3O2S4/c10-2-1-6(13)12-11-5-3-15-7-8(16-4-5)18-9(14)17-7/h3,11H,1,4H2,(H,12,13). The molecule has 0 fully saturated rings. The summed E-state index contributed by atoms with van der Waals surface area (Å²) >= 11 is 5.53. The first kappa shape index (κ1) is 13.5. The topological polar surface area (TPSA) is 82.0 Å². The van der Waals surface area contributed by atoms with Crippen molar-refractivity contribution in [3.05, 3.63) is 20.0 Å². The van der Waals surface area contributed by atoms with Crippen molar-refractivity contribution >= 4 is 52.1 Å². The lowest BCUT2D eigenvalue weighted by molar-refractivity contribution is -0.120. The van der Waals surface area contributed by atoms with Gasteiger partial charge in [-0.15, -0.1) is 11.8 Å². The molecule has 2 rings (SSSR count). The van der Waals surface area contributed by atoms with Gasteiger partial charge in [0.2, 0.25) is 0 Å². The summed E-state index contributed by atoms with van der Waals surface area (Å²) in [6, 6.07) is 1.77. The molecule has 9 heteroatoms. The second-order valence-corrected chi connectivity index (χ2v) is 7.69. The van der Waals surface area contributed by atoms with Crippen LogP contribution in [0.25, 0.3) is 0 Å². The summed E-state index contributed by atoms with van der Waals surface area (Å²) in [6.45, 7) is 0. The summed E-state index contributed by atoms with van der Waals surface area (Å²) < 4.78 is 2.12. The number of fused-ring (bicyclic) bond motifs is 1. The lowest BCUT2D eigenvalue weighted by Gasteiger charge is -2.08. The Balaban J connectivity index is 1.94. The predicted molar refractivity (Wildman–Crippen MR) is 74.6 cm³/mol. The fourth-order valence-corrected chi connectivity index (χ4v) is 6.00. The highest BCUT2D eigenvalue weighted by molar-refractivity contribution is 8.07. The highest BCUT2D eigenvalue weighted by Gasteiger charge is 2.14. The van der Waals surface area contributed by atoms with E-state index in [0.29, 0.717) is 5.75 Å². The Bertz CT molecular complexity index is 583. The molecule has 1 aromatic heterocycles. The van der Waals surface area contributed by atoms with Gasteiger partial charge in [-0.3, -0.25) is 15.0 Å². The van der Waals surface area contributed by atoms with E-state index in [9.17, 15) is 9.59 Å². The Hall–Kier alpha value is -0.950. The largest absolute Gasteiger partial charge is 0.301 e. The van der Waals surface area contributed by atoms with Crippen LogP contribution in [-0.2, 0) is 4.79 Å². The van der Waals surface area contributed by atoms with E-state index < -0.39 is 0 Å². The van der Waals surface area contributed by atoms with Crippen molar-refractivity contribution in [2.24, 2.45) is 0 Å². The summed E-state index contributed by atoms with van der Waals surface area (Å²) in [4.78, 5) is 22.3. The molecule has 18 heavy (non-hydrogen) atoms. The lowest BCUT2D eigenvalue weighted by atomic mass is 10.5. The maximum Gasteiger partial charge on any atom is 0.289 e. The van der Waals surface area contributed by atoms with E-state index in [1.807, 2.05) is 5.41 Å². The quantitative estimate of drug-likeness (QED) is 0.827. The monoisotopic (exact) mass is 317 g/mol. The molecule has 1 aliphatic heterocycles. The molecule has 5 nitrogen and oxygen atoms in total. The second-order valence-electron chi connectivity index (χ2n) is 3.09. The van der Waals surface area contributed by atoms with Crippen LogP contribution in [0.4, 0.5) is 0 Å². The number of thioether (sulfide) groups is 2. The van der Waals surface area contributed by atoms with Gasteiger partial charge in [0.15, 0.2) is 0 Å². The van der Waals surface area contributed by atoms with Crippen LogP contribution in [0, 0.1) is 11.3 Å². The maximum absolute atomic E-state index is 11.2. The Labute approximate surface area is 119 Å². The molecule has 1 amide bonds. The zero-order valence-corrected chi connectivity index (χ0v) is 12.2. The van der Waals surface area contributed by atoms with Gasteiger partial charge < -0.3 is 5.43 Å². The molecule has 0 aliphatic carbocycles. The molecule has 2 heterocycles. The Morgan fingerprint density at radius 1 is 1.44 bits per heavy atom. The minimum absolute atomic E-state index is 0.104. The molecular weight excluding hydrogens is 310 g/mol. The number of amides is 1. The van der Waals surface area contributed by atoms with E-state index in [4.69, 9.17) is 5.26 Å². The van der Waals surface area contributed by atoms with Gasteiger partial charge in [-0.25, -0.2) is 0 Å². The van der Waals surface area contributed by atoms with Gasteiger partial charge in [0, 0.05) is 11.4 Å². The molecule has 2 N–H and O–H groups in total. The van der Waals surface area contributed by atoms with E-state index >= 15 is 0 Å². The average molecular weight is 317 g/mol. The number of carbonyl (C=O) groups excluding carboxylic acids is 1. The Morgan fingerprint density at radius 3 is 3.00 bits per heavy atom. The van der Waals surface area contributed by atoms with Crippen molar-refractivity contribution in [2.45, 2.75) is 14.8 Å². The fraction of sp³-hybridized carbons (Fsp3) is 0.222. The van der Waals surface area contributed by atoms with E-state index in [-0.39, 0.29) is 16.4 Å². The molecule has 94 valence electrons. The molecule has 0 bridgehead atoms. The average Bonchev–Trinajstić information content (AvgIpc) is 2.59. The molecule has 1 aromatic rings. The first-order valence-electron chi connectivity index (χ1n) is 4.73. The first-order chi connectivity index (χ1) is 8.69. The molecule has 0 saturated carbocycles. The van der Waals surface area contributed by atoms with Crippen molar-refractivity contribution in [3.63, 3.8) is 0 Å². The van der Waals surface area contributed by atoms with Crippen LogP contribution in [0.1, 0.15) is 6.42 Å². The minimum Gasteiger partial charge on any atom is -0.301 e. The van der Waals surface area contributed by atoms with Crippen LogP contribution in [0.2, 0.25) is 0 Å². The fourth-order valence-electron chi connectivity index (χ4n) is 1.05. The molecule has 0 spiro atoms. The molecule has 1 aliphatic rings. The smallest absolute Gasteiger partial charge is 0.289 e. The van der Waals surface area contributed by atoms with Crippen LogP contribution < -0.4 is 14.9 Å². The summed E-state index contributed by atoms with van der Waals surface area (Å²) in [5.74, 6) is 0.288. The maximum atomic E-state index is 11.2. The third-order valence-electron chi connectivity index (χ3n) is 1.79. The van der Waals surface area contributed by atoms with Gasteiger partial charge in [-0.2, -0.15) is 5.26 Å². The second kappa shape index (κ2) is 6.29. The van der Waals surface area contributed by atoms with Gasteiger partial charge in [0.25, 0.3) is 9.96 Å². The highest BCUT2D eigenvalue weighted by atomic mass is 32.2. The molecule has 0 unspecified atom stereocenters. The SMILES string of the molecule is N#CCC(=O)NNC1=CSc2sc(=O)sc2SC1. The summed E-state index contributed by atoms with van der Waals surface area (Å²) in [7, 11) is 0. The normalized spacial score (nSPS) is 13.8. The number of nitriles is 1. The number of hydrogen-bond acceptors (Lipinski definition) is 8. The van der Waals surface area contributed by atoms with Gasteiger partial charge >= 0.3 is 0 Å². The first-order valence-corrected chi connectivity index (χ1v) is 8.23. The van der Waals surface area contributed by atoms with E-state index in [0.717, 1.165) is 14.1 Å². The van der Waals surface area contributed by atoms with Crippen LogP contribution >= 0.6 is 46.2 Å². The number of nitrogens with one attached hydrogen (secondary N) is 2. The zero-order valence-electron chi connectivity index (χ0n) is 8.89. The minimum atomic E-state index is -0.364. The molecule has 0 aromatic carbocycles. The van der Waals surface area contributed by atoms with Crippen molar-refractivity contribution in [2.75, 3.05) is 5.75 Å². The van der Waals surface area contributed by atoms with Crippen molar-refractivity contribution < 1.29 is 4.79 Å². The van der Waals surface area contributed by atoms with Crippen LogP contribution in [0.5, 0.6) is 0 Å². The number of rotatable bonds is 3. The van der Waals surface area contributed by atoms with Gasteiger partial charge in [-0.05, 0) is 5.41 Å². The third kappa shape index (κ3) is 3.52. The summed E-state index contributed by atoms with van der Waals surface area (Å²) in [5.41, 5.74) is 6.08.